The molecular formula is C5H7N2O+. The number of aromatic amines is 1. The number of nitrogens with one attached hydrogen (secondary N) is 1. The fourth-order valence-electron chi connectivity index (χ4n) is 0.455. The van der Waals surface area contributed by atoms with E-state index in [9.17, 15) is 4.79 Å². The molecule has 0 unspecified atom stereocenters. The van der Waals surface area contributed by atoms with E-state index in [1.165, 1.54) is 10.6 Å². The summed E-state index contributed by atoms with van der Waals surface area (Å²) in [6.07, 6.45) is 3.20. The predicted molar refractivity (Wildman–Crippen MR) is 28.2 cm³/mol. The van der Waals surface area contributed by atoms with Crippen LogP contribution in [0.2, 0.25) is 0 Å². The van der Waals surface area contributed by atoms with Crippen LogP contribution in [0.25, 0.3) is 0 Å². The molecule has 1 aromatic heterocycles. The Hall–Kier alpha value is -1.12. The predicted octanol–water partition coefficient (Wildman–Crippen LogP) is -0.801. The topological polar surface area (TPSA) is 36.1 Å². The number of H-pyrrole nitrogens is 1. The SMILES string of the molecule is Cn1c[nH+]ccc1=O. The minimum Gasteiger partial charge on any atom is -0.253 e. The number of rotatable bonds is 0. The smallest absolute Gasteiger partial charge is 0.253 e. The zero-order valence-electron chi connectivity index (χ0n) is 4.59. The average Bonchev–Trinajstić information content (AvgIpc) is 1.77. The summed E-state index contributed by atoms with van der Waals surface area (Å²) in [6, 6.07) is 1.47. The maximum absolute atomic E-state index is 10.6. The largest absolute Gasteiger partial charge is 0.336 e. The van der Waals surface area contributed by atoms with E-state index in [-0.39, 0.29) is 5.56 Å². The molecule has 1 aromatic rings. The van der Waals surface area contributed by atoms with Crippen molar-refractivity contribution in [1.29, 1.82) is 0 Å². The lowest BCUT2D eigenvalue weighted by molar-refractivity contribution is -0.385. The van der Waals surface area contributed by atoms with Crippen molar-refractivity contribution < 1.29 is 4.98 Å². The molecule has 0 spiro atoms. The van der Waals surface area contributed by atoms with Gasteiger partial charge in [0.15, 0.2) is 0 Å². The van der Waals surface area contributed by atoms with Gasteiger partial charge in [-0.2, -0.15) is 0 Å². The number of hydrogen-bond donors (Lipinski definition) is 0. The van der Waals surface area contributed by atoms with Crippen molar-refractivity contribution in [3.8, 4) is 0 Å². The van der Waals surface area contributed by atoms with Gasteiger partial charge < -0.3 is 0 Å². The molecule has 0 aliphatic heterocycles. The summed E-state index contributed by atoms with van der Waals surface area (Å²) in [5.41, 5.74) is 0.00347. The Morgan fingerprint density at radius 3 is 2.88 bits per heavy atom. The summed E-state index contributed by atoms with van der Waals surface area (Å²) in [7, 11) is 1.69. The van der Waals surface area contributed by atoms with Gasteiger partial charge >= 0.3 is 5.56 Å². The van der Waals surface area contributed by atoms with Gasteiger partial charge in [0.25, 0.3) is 0 Å². The molecule has 3 nitrogen and oxygen atoms in total. The number of nitrogens with zero attached hydrogens (tertiary/aromatic N) is 1. The number of hydrogen-bond acceptors (Lipinski definition) is 1. The summed E-state index contributed by atoms with van der Waals surface area (Å²) >= 11 is 0. The van der Waals surface area contributed by atoms with Gasteiger partial charge in [0.1, 0.15) is 0 Å². The molecule has 0 radical (unpaired) electrons. The molecule has 42 valence electrons. The monoisotopic (exact) mass is 111 g/mol. The van der Waals surface area contributed by atoms with Crippen LogP contribution >= 0.6 is 0 Å². The van der Waals surface area contributed by atoms with Crippen LogP contribution in [-0.4, -0.2) is 4.57 Å². The molecule has 0 fully saturated rings. The molecule has 1 rings (SSSR count). The Labute approximate surface area is 46.6 Å². The molecule has 0 aliphatic carbocycles. The Bertz CT molecular complexity index is 228. The second-order valence-electron chi connectivity index (χ2n) is 1.58. The zero-order valence-corrected chi connectivity index (χ0v) is 4.59. The Balaban J connectivity index is 3.35. The summed E-state index contributed by atoms with van der Waals surface area (Å²) in [5.74, 6) is 0. The van der Waals surface area contributed by atoms with E-state index in [0.29, 0.717) is 0 Å². The minimum absolute atomic E-state index is 0.00347. The highest BCUT2D eigenvalue weighted by Crippen LogP contribution is 1.58. The molecule has 3 heteroatoms. The second-order valence-corrected chi connectivity index (χ2v) is 1.58. The van der Waals surface area contributed by atoms with Crippen LogP contribution < -0.4 is 10.5 Å². The van der Waals surface area contributed by atoms with Gasteiger partial charge in [0.05, 0.1) is 19.3 Å². The fraction of sp³-hybridized carbons (Fsp3) is 0.200. The lowest BCUT2D eigenvalue weighted by Gasteiger charge is -1.80. The van der Waals surface area contributed by atoms with Crippen molar-refractivity contribution >= 4 is 0 Å². The first-order valence-corrected chi connectivity index (χ1v) is 2.33. The Morgan fingerprint density at radius 1 is 1.75 bits per heavy atom. The Kier molecular flexibility index (Phi) is 1.12. The van der Waals surface area contributed by atoms with E-state index in [0.717, 1.165) is 0 Å². The van der Waals surface area contributed by atoms with Crippen molar-refractivity contribution in [2.45, 2.75) is 0 Å². The van der Waals surface area contributed by atoms with E-state index < -0.39 is 0 Å². The second kappa shape index (κ2) is 1.78. The molecular weight excluding hydrogens is 104 g/mol. The molecule has 0 saturated carbocycles. The Morgan fingerprint density at radius 2 is 2.50 bits per heavy atom. The van der Waals surface area contributed by atoms with E-state index in [1.54, 1.807) is 19.6 Å². The highest BCUT2D eigenvalue weighted by Gasteiger charge is 1.88. The number of aryl methyl sites for hydroxylation is 1. The van der Waals surface area contributed by atoms with Gasteiger partial charge in [-0.25, -0.2) is 9.36 Å². The van der Waals surface area contributed by atoms with Crippen molar-refractivity contribution in [3.63, 3.8) is 0 Å². The maximum Gasteiger partial charge on any atom is 0.336 e. The number of aromatic nitrogens is 2. The van der Waals surface area contributed by atoms with Crippen molar-refractivity contribution in [1.82, 2.24) is 4.57 Å². The van der Waals surface area contributed by atoms with Gasteiger partial charge in [-0.15, -0.1) is 0 Å². The van der Waals surface area contributed by atoms with Gasteiger partial charge in [-0.3, -0.25) is 4.98 Å². The van der Waals surface area contributed by atoms with E-state index >= 15 is 0 Å². The average molecular weight is 111 g/mol. The van der Waals surface area contributed by atoms with Crippen LogP contribution in [0.4, 0.5) is 0 Å². The standard InChI is InChI=1S/C5H6N2O/c1-7-4-6-3-2-5(7)8/h2-4H,1H3/p+1. The lowest BCUT2D eigenvalue weighted by atomic mass is 10.6. The molecule has 0 bridgehead atoms. The summed E-state index contributed by atoms with van der Waals surface area (Å²) < 4.78 is 1.47. The van der Waals surface area contributed by atoms with Crippen molar-refractivity contribution in [2.75, 3.05) is 0 Å². The fourth-order valence-corrected chi connectivity index (χ4v) is 0.455. The lowest BCUT2D eigenvalue weighted by Crippen LogP contribution is -2.20. The highest BCUT2D eigenvalue weighted by atomic mass is 16.1. The summed E-state index contributed by atoms with van der Waals surface area (Å²) in [5, 5.41) is 0. The highest BCUT2D eigenvalue weighted by molar-refractivity contribution is 4.74. The minimum atomic E-state index is 0.00347. The van der Waals surface area contributed by atoms with Gasteiger partial charge in [0.2, 0.25) is 6.33 Å². The van der Waals surface area contributed by atoms with E-state index in [1.807, 2.05) is 0 Å². The zero-order chi connectivity index (χ0) is 5.98. The maximum atomic E-state index is 10.6. The van der Waals surface area contributed by atoms with Gasteiger partial charge in [0, 0.05) is 0 Å². The molecule has 8 heavy (non-hydrogen) atoms. The molecule has 0 amide bonds. The normalized spacial score (nSPS) is 9.12. The summed E-state index contributed by atoms with van der Waals surface area (Å²) in [4.78, 5) is 13.3. The molecule has 0 aromatic carbocycles. The summed E-state index contributed by atoms with van der Waals surface area (Å²) in [6.45, 7) is 0. The van der Waals surface area contributed by atoms with Crippen molar-refractivity contribution in [3.05, 3.63) is 28.9 Å². The van der Waals surface area contributed by atoms with Gasteiger partial charge in [-0.05, 0) is 0 Å². The molecule has 0 aliphatic rings. The van der Waals surface area contributed by atoms with Crippen LogP contribution in [0.15, 0.2) is 23.4 Å². The third-order valence-electron chi connectivity index (χ3n) is 0.938. The van der Waals surface area contributed by atoms with Crippen LogP contribution in [-0.2, 0) is 7.05 Å². The van der Waals surface area contributed by atoms with Gasteiger partial charge in [-0.1, -0.05) is 0 Å². The van der Waals surface area contributed by atoms with Crippen LogP contribution in [0, 0.1) is 0 Å². The molecule has 0 saturated heterocycles. The first-order chi connectivity index (χ1) is 3.80. The molecule has 1 heterocycles. The first kappa shape index (κ1) is 5.03. The third-order valence-corrected chi connectivity index (χ3v) is 0.938. The van der Waals surface area contributed by atoms with Crippen molar-refractivity contribution in [2.24, 2.45) is 7.05 Å². The molecule has 0 atom stereocenters. The van der Waals surface area contributed by atoms with E-state index in [4.69, 9.17) is 0 Å². The quantitative estimate of drug-likeness (QED) is 0.431. The first-order valence-electron chi connectivity index (χ1n) is 2.33. The molecule has 1 N–H and O–H groups in total. The van der Waals surface area contributed by atoms with E-state index in [2.05, 4.69) is 4.98 Å². The van der Waals surface area contributed by atoms with Crippen LogP contribution in [0.5, 0.6) is 0 Å². The van der Waals surface area contributed by atoms with Crippen LogP contribution in [0.1, 0.15) is 0 Å². The van der Waals surface area contributed by atoms with Crippen LogP contribution in [0.3, 0.4) is 0 Å². The third kappa shape index (κ3) is 0.753.